The molecule has 0 spiro atoms. The van der Waals surface area contributed by atoms with E-state index in [1.54, 1.807) is 12.3 Å². The lowest BCUT2D eigenvalue weighted by molar-refractivity contribution is -0.932. The zero-order valence-corrected chi connectivity index (χ0v) is 16.3. The van der Waals surface area contributed by atoms with Gasteiger partial charge in [0.15, 0.2) is 11.8 Å². The number of nitrogens with zero attached hydrogens (tertiary/aromatic N) is 3. The Morgan fingerprint density at radius 3 is 2.64 bits per heavy atom. The third-order valence-corrected chi connectivity index (χ3v) is 6.24. The van der Waals surface area contributed by atoms with Crippen LogP contribution in [0.1, 0.15) is 22.0 Å². The van der Waals surface area contributed by atoms with Crippen molar-refractivity contribution < 1.29 is 19.2 Å². The van der Waals surface area contributed by atoms with Crippen LogP contribution in [0.4, 0.5) is 0 Å². The highest BCUT2D eigenvalue weighted by Crippen LogP contribution is 2.36. The number of morpholine rings is 1. The van der Waals surface area contributed by atoms with Gasteiger partial charge in [-0.05, 0) is 19.1 Å². The van der Waals surface area contributed by atoms with Gasteiger partial charge in [0.05, 0.1) is 19.5 Å². The predicted octanol–water partition coefficient (Wildman–Crippen LogP) is 2.07. The lowest BCUT2D eigenvalue weighted by Crippen LogP contribution is -3.14. The second-order valence-corrected chi connectivity index (χ2v) is 8.02. The summed E-state index contributed by atoms with van der Waals surface area (Å²) in [6.07, 6.45) is 1.59. The number of fused-ring (bicyclic) bond motifs is 1. The normalized spacial score (nSPS) is 16.6. The number of ether oxygens (including phenoxy) is 1. The molecular formula is C20H21N4O3S+. The van der Waals surface area contributed by atoms with Crippen LogP contribution in [0.5, 0.6) is 5.88 Å². The van der Waals surface area contributed by atoms with Crippen LogP contribution in [0, 0.1) is 6.92 Å². The molecule has 0 saturated carbocycles. The number of furan rings is 1. The molecule has 0 unspecified atom stereocenters. The number of hydrogen-bond donors (Lipinski definition) is 2. The molecule has 4 heterocycles. The van der Waals surface area contributed by atoms with E-state index in [2.05, 4.69) is 41.3 Å². The minimum absolute atomic E-state index is 0.0186. The Morgan fingerprint density at radius 1 is 1.18 bits per heavy atom. The van der Waals surface area contributed by atoms with Gasteiger partial charge in [-0.2, -0.15) is 9.50 Å². The monoisotopic (exact) mass is 397 g/mol. The SMILES string of the molecule is Cc1ccc([C@@H](c2sc3nc(-c4ccco4)nn3c2O)[NH+]2CCOCC2)cc1. The first-order valence-corrected chi connectivity index (χ1v) is 10.1. The van der Waals surface area contributed by atoms with Crippen LogP contribution in [0.3, 0.4) is 0 Å². The summed E-state index contributed by atoms with van der Waals surface area (Å²) in [6, 6.07) is 12.1. The summed E-state index contributed by atoms with van der Waals surface area (Å²) in [4.78, 5) is 7.46. The maximum Gasteiger partial charge on any atom is 0.235 e. The summed E-state index contributed by atoms with van der Waals surface area (Å²) >= 11 is 1.48. The van der Waals surface area contributed by atoms with E-state index >= 15 is 0 Å². The first kappa shape index (κ1) is 17.4. The molecule has 1 aliphatic heterocycles. The zero-order valence-electron chi connectivity index (χ0n) is 15.5. The van der Waals surface area contributed by atoms with Crippen molar-refractivity contribution in [3.05, 3.63) is 58.7 Å². The average Bonchev–Trinajstić information content (AvgIpc) is 3.43. The van der Waals surface area contributed by atoms with Crippen molar-refractivity contribution >= 4 is 16.3 Å². The van der Waals surface area contributed by atoms with E-state index in [4.69, 9.17) is 9.15 Å². The van der Waals surface area contributed by atoms with Crippen molar-refractivity contribution in [2.45, 2.75) is 13.0 Å². The summed E-state index contributed by atoms with van der Waals surface area (Å²) in [6.45, 7) is 5.31. The van der Waals surface area contributed by atoms with Crippen molar-refractivity contribution in [2.24, 2.45) is 0 Å². The number of aromatic hydroxyl groups is 1. The van der Waals surface area contributed by atoms with Crippen LogP contribution in [0.2, 0.25) is 0 Å². The highest BCUT2D eigenvalue weighted by Gasteiger charge is 2.34. The summed E-state index contributed by atoms with van der Waals surface area (Å²) in [5.41, 5.74) is 2.39. The van der Waals surface area contributed by atoms with Crippen LogP contribution >= 0.6 is 11.3 Å². The molecule has 0 amide bonds. The number of benzene rings is 1. The number of thiazole rings is 1. The molecule has 1 fully saturated rings. The quantitative estimate of drug-likeness (QED) is 0.551. The van der Waals surface area contributed by atoms with Gasteiger partial charge in [0.2, 0.25) is 16.7 Å². The maximum absolute atomic E-state index is 11.0. The number of rotatable bonds is 4. The Hall–Kier alpha value is -2.68. The van der Waals surface area contributed by atoms with Crippen LogP contribution in [0.15, 0.2) is 47.1 Å². The molecule has 0 aliphatic carbocycles. The van der Waals surface area contributed by atoms with Gasteiger partial charge in [-0.3, -0.25) is 0 Å². The average molecular weight is 397 g/mol. The molecule has 2 N–H and O–H groups in total. The standard InChI is InChI=1S/C20H20N4O3S/c1-13-4-6-14(7-5-13)16(23-8-11-26-12-9-23)17-19(25)24-20(28-17)21-18(22-24)15-3-2-10-27-15/h2-7,10,16,25H,8-9,11-12H2,1H3/p+1/t16-/m0/s1. The lowest BCUT2D eigenvalue weighted by Gasteiger charge is -2.31. The number of quaternary nitrogens is 1. The van der Waals surface area contributed by atoms with Crippen LogP contribution in [-0.4, -0.2) is 46.0 Å². The topological polar surface area (TPSA) is 77.2 Å². The molecule has 1 saturated heterocycles. The van der Waals surface area contributed by atoms with E-state index in [0.29, 0.717) is 16.5 Å². The third kappa shape index (κ3) is 2.99. The van der Waals surface area contributed by atoms with E-state index < -0.39 is 0 Å². The molecule has 5 rings (SSSR count). The molecular weight excluding hydrogens is 376 g/mol. The lowest BCUT2D eigenvalue weighted by atomic mass is 10.0. The van der Waals surface area contributed by atoms with E-state index in [0.717, 1.165) is 31.2 Å². The highest BCUT2D eigenvalue weighted by molar-refractivity contribution is 7.17. The molecule has 8 heteroatoms. The van der Waals surface area contributed by atoms with Crippen molar-refractivity contribution in [2.75, 3.05) is 26.3 Å². The number of hydrogen-bond acceptors (Lipinski definition) is 6. The fourth-order valence-corrected chi connectivity index (χ4v) is 4.84. The molecule has 1 aliphatic rings. The van der Waals surface area contributed by atoms with Crippen molar-refractivity contribution in [1.29, 1.82) is 0 Å². The smallest absolute Gasteiger partial charge is 0.235 e. The Kier molecular flexibility index (Phi) is 4.38. The van der Waals surface area contributed by atoms with Crippen molar-refractivity contribution in [3.8, 4) is 17.5 Å². The van der Waals surface area contributed by atoms with Gasteiger partial charge < -0.3 is 19.2 Å². The maximum atomic E-state index is 11.0. The van der Waals surface area contributed by atoms with Gasteiger partial charge in [0.25, 0.3) is 0 Å². The molecule has 3 aromatic heterocycles. The van der Waals surface area contributed by atoms with Crippen LogP contribution < -0.4 is 4.90 Å². The van der Waals surface area contributed by atoms with E-state index in [-0.39, 0.29) is 11.9 Å². The molecule has 0 radical (unpaired) electrons. The minimum atomic E-state index is 0.0186. The van der Waals surface area contributed by atoms with Crippen molar-refractivity contribution in [1.82, 2.24) is 14.6 Å². The Balaban J connectivity index is 1.59. The molecule has 28 heavy (non-hydrogen) atoms. The molecule has 1 aromatic carbocycles. The molecule has 0 bridgehead atoms. The van der Waals surface area contributed by atoms with Gasteiger partial charge >= 0.3 is 0 Å². The molecule has 7 nitrogen and oxygen atoms in total. The number of nitrogens with one attached hydrogen (secondary N) is 1. The van der Waals surface area contributed by atoms with Gasteiger partial charge in [-0.1, -0.05) is 41.2 Å². The summed E-state index contributed by atoms with van der Waals surface area (Å²) in [5, 5.41) is 15.5. The Labute approximate surface area is 165 Å². The first-order valence-electron chi connectivity index (χ1n) is 9.32. The van der Waals surface area contributed by atoms with Gasteiger partial charge in [-0.25, -0.2) is 0 Å². The van der Waals surface area contributed by atoms with Gasteiger partial charge in [0.1, 0.15) is 18.0 Å². The zero-order chi connectivity index (χ0) is 19.1. The molecule has 1 atom stereocenters. The van der Waals surface area contributed by atoms with Gasteiger partial charge in [-0.15, -0.1) is 5.10 Å². The number of aromatic nitrogens is 3. The summed E-state index contributed by atoms with van der Waals surface area (Å²) < 4.78 is 12.4. The van der Waals surface area contributed by atoms with E-state index in [9.17, 15) is 5.11 Å². The summed E-state index contributed by atoms with van der Waals surface area (Å²) in [7, 11) is 0. The predicted molar refractivity (Wildman–Crippen MR) is 105 cm³/mol. The van der Waals surface area contributed by atoms with Crippen LogP contribution in [0.25, 0.3) is 16.5 Å². The number of aryl methyl sites for hydroxylation is 1. The van der Waals surface area contributed by atoms with E-state index in [1.165, 1.54) is 31.9 Å². The third-order valence-electron chi connectivity index (χ3n) is 5.16. The van der Waals surface area contributed by atoms with Crippen molar-refractivity contribution in [3.63, 3.8) is 0 Å². The van der Waals surface area contributed by atoms with Gasteiger partial charge in [0, 0.05) is 5.56 Å². The largest absolute Gasteiger partial charge is 0.492 e. The first-order chi connectivity index (χ1) is 13.7. The Bertz CT molecular complexity index is 1080. The Morgan fingerprint density at radius 2 is 1.96 bits per heavy atom. The highest BCUT2D eigenvalue weighted by atomic mass is 32.1. The molecule has 4 aromatic rings. The fourth-order valence-electron chi connectivity index (χ4n) is 3.70. The van der Waals surface area contributed by atoms with E-state index in [1.807, 2.05) is 6.07 Å². The fraction of sp³-hybridized carbons (Fsp3) is 0.300. The minimum Gasteiger partial charge on any atom is -0.492 e. The van der Waals surface area contributed by atoms with Crippen LogP contribution in [-0.2, 0) is 4.74 Å². The molecule has 144 valence electrons. The second-order valence-electron chi connectivity index (χ2n) is 7.01. The second kappa shape index (κ2) is 7.05. The summed E-state index contributed by atoms with van der Waals surface area (Å²) in [5.74, 6) is 1.21.